The summed E-state index contributed by atoms with van der Waals surface area (Å²) in [7, 11) is -3.87. The molecule has 0 aliphatic carbocycles. The standard InChI is InChI=1S/C29H32N4O2S/c1-20(2)30-29(32-36(34,35)25-17-15-22(5)16-18-25)33(21(3)4)28-26-14-10-9-13-24(26)19-27(31-28)23-11-7-6-8-12-23/h6-21H,1-5H3,(H,30,32). The zero-order valence-corrected chi connectivity index (χ0v) is 22.1. The van der Waals surface area contributed by atoms with Gasteiger partial charge in [-0.1, -0.05) is 72.3 Å². The first kappa shape index (κ1) is 25.4. The van der Waals surface area contributed by atoms with Crippen LogP contribution < -0.4 is 9.62 Å². The number of benzene rings is 3. The largest absolute Gasteiger partial charge is 0.293 e. The predicted molar refractivity (Wildman–Crippen MR) is 149 cm³/mol. The second kappa shape index (κ2) is 10.5. The Balaban J connectivity index is 1.89. The molecule has 0 aliphatic rings. The Morgan fingerprint density at radius 1 is 0.889 bits per heavy atom. The van der Waals surface area contributed by atoms with Gasteiger partial charge in [-0.2, -0.15) is 0 Å². The van der Waals surface area contributed by atoms with E-state index in [1.54, 1.807) is 24.3 Å². The van der Waals surface area contributed by atoms with Crippen LogP contribution in [0.25, 0.3) is 22.0 Å². The highest BCUT2D eigenvalue weighted by molar-refractivity contribution is 7.90. The summed E-state index contributed by atoms with van der Waals surface area (Å²) in [5.41, 5.74) is 2.78. The van der Waals surface area contributed by atoms with Gasteiger partial charge in [0.25, 0.3) is 10.0 Å². The highest BCUT2D eigenvalue weighted by Crippen LogP contribution is 2.31. The third-order valence-electron chi connectivity index (χ3n) is 5.70. The fourth-order valence-electron chi connectivity index (χ4n) is 3.99. The van der Waals surface area contributed by atoms with E-state index in [1.807, 2.05) is 94.1 Å². The lowest BCUT2D eigenvalue weighted by Gasteiger charge is -2.31. The molecule has 36 heavy (non-hydrogen) atoms. The topological polar surface area (TPSA) is 74.7 Å². The van der Waals surface area contributed by atoms with Crippen molar-refractivity contribution in [3.8, 4) is 11.3 Å². The van der Waals surface area contributed by atoms with Crippen LogP contribution in [0.1, 0.15) is 33.3 Å². The lowest BCUT2D eigenvalue weighted by atomic mass is 10.1. The molecular formula is C29H32N4O2S. The van der Waals surface area contributed by atoms with Gasteiger partial charge in [0.2, 0.25) is 5.96 Å². The highest BCUT2D eigenvalue weighted by Gasteiger charge is 2.27. The summed E-state index contributed by atoms with van der Waals surface area (Å²) < 4.78 is 29.6. The van der Waals surface area contributed by atoms with Crippen molar-refractivity contribution >= 4 is 32.6 Å². The fraction of sp³-hybridized carbons (Fsp3) is 0.241. The first-order valence-electron chi connectivity index (χ1n) is 12.1. The van der Waals surface area contributed by atoms with Gasteiger partial charge in [-0.15, -0.1) is 0 Å². The van der Waals surface area contributed by atoms with Crippen molar-refractivity contribution in [3.05, 3.63) is 90.5 Å². The van der Waals surface area contributed by atoms with Crippen molar-refractivity contribution in [2.45, 2.75) is 51.6 Å². The maximum atomic E-state index is 13.4. The molecule has 0 saturated heterocycles. The molecule has 0 fully saturated rings. The molecule has 4 aromatic rings. The molecule has 0 radical (unpaired) electrons. The van der Waals surface area contributed by atoms with Gasteiger partial charge in [-0.05, 0) is 58.2 Å². The van der Waals surface area contributed by atoms with Gasteiger partial charge in [0.15, 0.2) is 0 Å². The Bertz CT molecular complexity index is 1480. The molecule has 0 unspecified atom stereocenters. The summed E-state index contributed by atoms with van der Waals surface area (Å²) in [6.45, 7) is 9.77. The normalized spacial score (nSPS) is 12.4. The molecule has 1 aromatic heterocycles. The number of hydrogen-bond acceptors (Lipinski definition) is 4. The van der Waals surface area contributed by atoms with Crippen LogP contribution in [0.15, 0.2) is 94.8 Å². The van der Waals surface area contributed by atoms with E-state index in [-0.39, 0.29) is 22.9 Å². The molecule has 0 saturated carbocycles. The third kappa shape index (κ3) is 5.57. The second-order valence-electron chi connectivity index (χ2n) is 9.35. The van der Waals surface area contributed by atoms with Crippen molar-refractivity contribution < 1.29 is 8.42 Å². The highest BCUT2D eigenvalue weighted by atomic mass is 32.2. The minimum absolute atomic E-state index is 0.134. The van der Waals surface area contributed by atoms with E-state index >= 15 is 0 Å². The average molecular weight is 501 g/mol. The number of nitrogens with zero attached hydrogens (tertiary/aromatic N) is 3. The van der Waals surface area contributed by atoms with Crippen molar-refractivity contribution in [2.24, 2.45) is 4.99 Å². The first-order valence-corrected chi connectivity index (χ1v) is 13.6. The van der Waals surface area contributed by atoms with E-state index in [9.17, 15) is 8.42 Å². The van der Waals surface area contributed by atoms with Gasteiger partial charge in [0, 0.05) is 23.0 Å². The number of anilines is 1. The summed E-state index contributed by atoms with van der Waals surface area (Å²) in [5.74, 6) is 0.886. The number of aliphatic imine (C=N–C) groups is 1. The van der Waals surface area contributed by atoms with Gasteiger partial charge >= 0.3 is 0 Å². The lowest BCUT2D eigenvalue weighted by molar-refractivity contribution is 0.591. The van der Waals surface area contributed by atoms with Gasteiger partial charge in [-0.3, -0.25) is 4.90 Å². The fourth-order valence-corrected chi connectivity index (χ4v) is 4.99. The minimum atomic E-state index is -3.87. The Morgan fingerprint density at radius 2 is 1.53 bits per heavy atom. The van der Waals surface area contributed by atoms with E-state index in [4.69, 9.17) is 9.98 Å². The number of aryl methyl sites for hydroxylation is 1. The number of guanidine groups is 1. The molecule has 0 aliphatic heterocycles. The number of hydrogen-bond donors (Lipinski definition) is 1. The molecular weight excluding hydrogens is 468 g/mol. The Labute approximate surface area is 213 Å². The van der Waals surface area contributed by atoms with Gasteiger partial charge < -0.3 is 0 Å². The van der Waals surface area contributed by atoms with Crippen molar-refractivity contribution in [2.75, 3.05) is 4.90 Å². The molecule has 0 atom stereocenters. The van der Waals surface area contributed by atoms with Crippen LogP contribution in [0, 0.1) is 6.92 Å². The maximum Gasteiger partial charge on any atom is 0.264 e. The Morgan fingerprint density at radius 3 is 2.17 bits per heavy atom. The summed E-state index contributed by atoms with van der Waals surface area (Å²) in [5, 5.41) is 1.93. The molecule has 186 valence electrons. The molecule has 0 bridgehead atoms. The molecule has 0 amide bonds. The predicted octanol–water partition coefficient (Wildman–Crippen LogP) is 6.17. The maximum absolute atomic E-state index is 13.4. The van der Waals surface area contributed by atoms with Crippen molar-refractivity contribution in [1.82, 2.24) is 9.71 Å². The van der Waals surface area contributed by atoms with Crippen LogP contribution >= 0.6 is 0 Å². The summed E-state index contributed by atoms with van der Waals surface area (Å²) >= 11 is 0. The average Bonchev–Trinajstić information content (AvgIpc) is 2.84. The van der Waals surface area contributed by atoms with Gasteiger partial charge in [0.05, 0.1) is 10.6 Å². The SMILES string of the molecule is Cc1ccc(S(=O)(=O)NC(=NC(C)C)N(c2nc(-c3ccccc3)cc3ccccc23)C(C)C)cc1. The monoisotopic (exact) mass is 500 g/mol. The number of aromatic nitrogens is 1. The lowest BCUT2D eigenvalue weighted by Crippen LogP contribution is -2.48. The van der Waals surface area contributed by atoms with Gasteiger partial charge in [0.1, 0.15) is 5.82 Å². The molecule has 1 N–H and O–H groups in total. The molecule has 4 rings (SSSR count). The van der Waals surface area contributed by atoms with E-state index < -0.39 is 10.0 Å². The smallest absolute Gasteiger partial charge is 0.264 e. The van der Waals surface area contributed by atoms with Gasteiger partial charge in [-0.25, -0.2) is 23.1 Å². The number of rotatable bonds is 6. The summed E-state index contributed by atoms with van der Waals surface area (Å²) in [6.07, 6.45) is 0. The minimum Gasteiger partial charge on any atom is -0.293 e. The quantitative estimate of drug-likeness (QED) is 0.254. The number of pyridine rings is 1. The second-order valence-corrected chi connectivity index (χ2v) is 11.0. The van der Waals surface area contributed by atoms with E-state index in [0.29, 0.717) is 5.82 Å². The Hall–Kier alpha value is -3.71. The molecule has 1 heterocycles. The van der Waals surface area contributed by atoms with Crippen molar-refractivity contribution in [3.63, 3.8) is 0 Å². The number of fused-ring (bicyclic) bond motifs is 1. The number of sulfonamides is 1. The van der Waals surface area contributed by atoms with Crippen molar-refractivity contribution in [1.29, 1.82) is 0 Å². The van der Waals surface area contributed by atoms with E-state index in [1.165, 1.54) is 0 Å². The summed E-state index contributed by atoms with van der Waals surface area (Å²) in [6, 6.07) is 26.5. The van der Waals surface area contributed by atoms with E-state index in [2.05, 4.69) is 10.8 Å². The van der Waals surface area contributed by atoms with Crippen LogP contribution in [0.2, 0.25) is 0 Å². The van der Waals surface area contributed by atoms with Crippen LogP contribution in [0.3, 0.4) is 0 Å². The zero-order valence-electron chi connectivity index (χ0n) is 21.3. The van der Waals surface area contributed by atoms with Crippen LogP contribution in [0.4, 0.5) is 5.82 Å². The van der Waals surface area contributed by atoms with E-state index in [0.717, 1.165) is 27.6 Å². The Kier molecular flexibility index (Phi) is 7.40. The molecule has 6 nitrogen and oxygen atoms in total. The summed E-state index contributed by atoms with van der Waals surface area (Å²) in [4.78, 5) is 11.8. The molecule has 0 spiro atoms. The van der Waals surface area contributed by atoms with Crippen LogP contribution in [-0.2, 0) is 10.0 Å². The first-order chi connectivity index (χ1) is 17.2. The van der Waals surface area contributed by atoms with Crippen LogP contribution in [-0.4, -0.2) is 31.4 Å². The number of nitrogens with one attached hydrogen (secondary N) is 1. The molecule has 7 heteroatoms. The molecule has 3 aromatic carbocycles. The third-order valence-corrected chi connectivity index (χ3v) is 7.04. The zero-order chi connectivity index (χ0) is 25.9. The van der Waals surface area contributed by atoms with Crippen LogP contribution in [0.5, 0.6) is 0 Å².